The highest BCUT2D eigenvalue weighted by Crippen LogP contribution is 2.18. The highest BCUT2D eigenvalue weighted by molar-refractivity contribution is 6.30. The lowest BCUT2D eigenvalue weighted by Crippen LogP contribution is -2.14. The third-order valence-electron chi connectivity index (χ3n) is 3.05. The Bertz CT molecular complexity index is 557. The molecule has 0 spiro atoms. The molecule has 0 aliphatic carbocycles. The van der Waals surface area contributed by atoms with Crippen molar-refractivity contribution in [1.82, 2.24) is 9.97 Å². The summed E-state index contributed by atoms with van der Waals surface area (Å²) >= 11 is 5.81. The number of hydrogen-bond acceptors (Lipinski definition) is 4. The summed E-state index contributed by atoms with van der Waals surface area (Å²) in [5.74, 6) is 0.750. The van der Waals surface area contributed by atoms with Crippen LogP contribution in [0.5, 0.6) is 0 Å². The van der Waals surface area contributed by atoms with Crippen molar-refractivity contribution in [2.24, 2.45) is 0 Å². The lowest BCUT2D eigenvalue weighted by Gasteiger charge is -2.14. The molecule has 0 fully saturated rings. The molecule has 0 bridgehead atoms. The van der Waals surface area contributed by atoms with Crippen molar-refractivity contribution in [1.29, 1.82) is 0 Å². The number of aryl methyl sites for hydroxylation is 1. The Morgan fingerprint density at radius 1 is 1.21 bits per heavy atom. The summed E-state index contributed by atoms with van der Waals surface area (Å²) in [7, 11) is 0. The Morgan fingerprint density at radius 2 is 1.89 bits per heavy atom. The van der Waals surface area contributed by atoms with E-state index in [0.29, 0.717) is 11.6 Å². The first-order valence-corrected chi connectivity index (χ1v) is 6.41. The van der Waals surface area contributed by atoms with Gasteiger partial charge in [0.1, 0.15) is 12.1 Å². The van der Waals surface area contributed by atoms with Gasteiger partial charge in [0, 0.05) is 22.8 Å². The number of aliphatic hydroxyl groups is 1. The van der Waals surface area contributed by atoms with E-state index in [2.05, 4.69) is 15.3 Å². The second kappa shape index (κ2) is 5.99. The van der Waals surface area contributed by atoms with E-state index in [4.69, 9.17) is 11.6 Å². The summed E-state index contributed by atoms with van der Waals surface area (Å²) in [5, 5.41) is 13.9. The van der Waals surface area contributed by atoms with Crippen molar-refractivity contribution in [2.45, 2.75) is 20.0 Å². The average Bonchev–Trinajstić information content (AvgIpc) is 2.41. The molecule has 0 aliphatic heterocycles. The first-order valence-electron chi connectivity index (χ1n) is 6.03. The maximum absolute atomic E-state index is 10.1. The third kappa shape index (κ3) is 3.43. The van der Waals surface area contributed by atoms with Crippen molar-refractivity contribution in [3.05, 3.63) is 52.4 Å². The van der Waals surface area contributed by atoms with E-state index in [0.717, 1.165) is 22.6 Å². The molecule has 0 amide bonds. The van der Waals surface area contributed by atoms with Crippen LogP contribution in [0.3, 0.4) is 0 Å². The molecule has 1 aromatic heterocycles. The van der Waals surface area contributed by atoms with Crippen LogP contribution in [-0.4, -0.2) is 21.6 Å². The molecule has 0 aliphatic rings. The second-order valence-electron chi connectivity index (χ2n) is 4.38. The molecule has 100 valence electrons. The summed E-state index contributed by atoms with van der Waals surface area (Å²) in [5.41, 5.74) is 2.74. The predicted octanol–water partition coefficient (Wildman–Crippen LogP) is 2.89. The maximum Gasteiger partial charge on any atom is 0.132 e. The van der Waals surface area contributed by atoms with Crippen LogP contribution < -0.4 is 5.32 Å². The van der Waals surface area contributed by atoms with Gasteiger partial charge in [-0.2, -0.15) is 0 Å². The van der Waals surface area contributed by atoms with Crippen LogP contribution in [0.25, 0.3) is 0 Å². The summed E-state index contributed by atoms with van der Waals surface area (Å²) in [6.45, 7) is 4.27. The Labute approximate surface area is 117 Å². The molecule has 0 saturated carbocycles. The molecule has 19 heavy (non-hydrogen) atoms. The molecule has 1 atom stereocenters. The molecule has 1 aromatic carbocycles. The summed E-state index contributed by atoms with van der Waals surface area (Å²) in [4.78, 5) is 8.27. The molecule has 2 N–H and O–H groups in total. The van der Waals surface area contributed by atoms with Gasteiger partial charge in [-0.05, 0) is 31.5 Å². The van der Waals surface area contributed by atoms with Crippen LogP contribution in [0.4, 0.5) is 5.82 Å². The van der Waals surface area contributed by atoms with E-state index in [9.17, 15) is 5.11 Å². The minimum Gasteiger partial charge on any atom is -0.387 e. The van der Waals surface area contributed by atoms with Gasteiger partial charge in [0.2, 0.25) is 0 Å². The van der Waals surface area contributed by atoms with Gasteiger partial charge < -0.3 is 10.4 Å². The van der Waals surface area contributed by atoms with Crippen molar-refractivity contribution in [3.8, 4) is 0 Å². The molecule has 5 heteroatoms. The van der Waals surface area contributed by atoms with Gasteiger partial charge in [-0.25, -0.2) is 9.97 Å². The quantitative estimate of drug-likeness (QED) is 0.902. The Morgan fingerprint density at radius 3 is 2.58 bits per heavy atom. The number of rotatable bonds is 4. The zero-order chi connectivity index (χ0) is 13.8. The van der Waals surface area contributed by atoms with Crippen molar-refractivity contribution < 1.29 is 5.11 Å². The average molecular weight is 278 g/mol. The van der Waals surface area contributed by atoms with Crippen molar-refractivity contribution >= 4 is 17.4 Å². The number of aliphatic hydroxyl groups excluding tert-OH is 1. The van der Waals surface area contributed by atoms with Crippen LogP contribution in [0, 0.1) is 13.8 Å². The smallest absolute Gasteiger partial charge is 0.132 e. The number of anilines is 1. The summed E-state index contributed by atoms with van der Waals surface area (Å²) in [6, 6.07) is 7.15. The molecular weight excluding hydrogens is 262 g/mol. The molecule has 2 rings (SSSR count). The topological polar surface area (TPSA) is 58.0 Å². The number of nitrogens with one attached hydrogen (secondary N) is 1. The number of aromatic nitrogens is 2. The highest BCUT2D eigenvalue weighted by atomic mass is 35.5. The lowest BCUT2D eigenvalue weighted by atomic mass is 10.1. The van der Waals surface area contributed by atoms with Crippen LogP contribution in [0.1, 0.15) is 22.9 Å². The molecule has 2 aromatic rings. The minimum absolute atomic E-state index is 0.388. The number of nitrogens with zero attached hydrogens (tertiary/aromatic N) is 2. The van der Waals surface area contributed by atoms with E-state index in [-0.39, 0.29) is 0 Å². The van der Waals surface area contributed by atoms with Gasteiger partial charge in [-0.1, -0.05) is 23.7 Å². The largest absolute Gasteiger partial charge is 0.387 e. The molecule has 0 saturated heterocycles. The Balaban J connectivity index is 2.02. The van der Waals surface area contributed by atoms with Crippen LogP contribution in [0.2, 0.25) is 5.02 Å². The molecule has 0 unspecified atom stereocenters. The zero-order valence-electron chi connectivity index (χ0n) is 10.9. The van der Waals surface area contributed by atoms with E-state index in [1.54, 1.807) is 12.1 Å². The maximum atomic E-state index is 10.1. The summed E-state index contributed by atoms with van der Waals surface area (Å²) in [6.07, 6.45) is 0.909. The number of benzene rings is 1. The number of hydrogen-bond donors (Lipinski definition) is 2. The minimum atomic E-state index is -0.605. The zero-order valence-corrected chi connectivity index (χ0v) is 11.6. The van der Waals surface area contributed by atoms with E-state index >= 15 is 0 Å². The standard InChI is InChI=1S/C14H16ClN3O/c1-9-10(2)17-8-18-14(9)16-7-13(19)11-3-5-12(15)6-4-11/h3-6,8,13,19H,7H2,1-2H3,(H,16,17,18)/t13-/m0/s1. The van der Waals surface area contributed by atoms with E-state index in [1.807, 2.05) is 26.0 Å². The predicted molar refractivity (Wildman–Crippen MR) is 76.4 cm³/mol. The van der Waals surface area contributed by atoms with E-state index < -0.39 is 6.10 Å². The molecule has 1 heterocycles. The molecule has 0 radical (unpaired) electrons. The van der Waals surface area contributed by atoms with Crippen molar-refractivity contribution in [2.75, 3.05) is 11.9 Å². The normalized spacial score (nSPS) is 12.2. The second-order valence-corrected chi connectivity index (χ2v) is 4.82. The Hall–Kier alpha value is -1.65. The lowest BCUT2D eigenvalue weighted by molar-refractivity contribution is 0.191. The van der Waals surface area contributed by atoms with Gasteiger partial charge in [-0.3, -0.25) is 0 Å². The first kappa shape index (κ1) is 13.8. The van der Waals surface area contributed by atoms with Crippen LogP contribution in [-0.2, 0) is 0 Å². The van der Waals surface area contributed by atoms with Gasteiger partial charge in [-0.15, -0.1) is 0 Å². The van der Waals surface area contributed by atoms with Gasteiger partial charge >= 0.3 is 0 Å². The van der Waals surface area contributed by atoms with Gasteiger partial charge in [0.15, 0.2) is 0 Å². The van der Waals surface area contributed by atoms with E-state index in [1.165, 1.54) is 6.33 Å². The van der Waals surface area contributed by atoms with Gasteiger partial charge in [0.05, 0.1) is 6.10 Å². The van der Waals surface area contributed by atoms with Gasteiger partial charge in [0.25, 0.3) is 0 Å². The highest BCUT2D eigenvalue weighted by Gasteiger charge is 2.09. The fourth-order valence-corrected chi connectivity index (χ4v) is 1.84. The fourth-order valence-electron chi connectivity index (χ4n) is 1.71. The van der Waals surface area contributed by atoms with Crippen LogP contribution >= 0.6 is 11.6 Å². The number of halogens is 1. The monoisotopic (exact) mass is 277 g/mol. The third-order valence-corrected chi connectivity index (χ3v) is 3.31. The fraction of sp³-hybridized carbons (Fsp3) is 0.286. The first-order chi connectivity index (χ1) is 9.08. The summed E-state index contributed by atoms with van der Waals surface area (Å²) < 4.78 is 0. The molecule has 4 nitrogen and oxygen atoms in total. The Kier molecular flexibility index (Phi) is 4.35. The molecular formula is C14H16ClN3O. The van der Waals surface area contributed by atoms with Crippen LogP contribution in [0.15, 0.2) is 30.6 Å². The van der Waals surface area contributed by atoms with Crippen molar-refractivity contribution in [3.63, 3.8) is 0 Å². The SMILES string of the molecule is Cc1ncnc(NC[C@H](O)c2ccc(Cl)cc2)c1C.